The van der Waals surface area contributed by atoms with Crippen molar-refractivity contribution in [2.24, 2.45) is 0 Å². The van der Waals surface area contributed by atoms with Crippen LogP contribution in [-0.2, 0) is 16.0 Å². The van der Waals surface area contributed by atoms with Crippen molar-refractivity contribution in [3.8, 4) is 5.75 Å². The number of ether oxygens (including phenoxy) is 3. The number of nitrogens with zero attached hydrogens (tertiary/aromatic N) is 3. The lowest BCUT2D eigenvalue weighted by Gasteiger charge is -2.31. The first-order valence-electron chi connectivity index (χ1n) is 13.0. The molecule has 2 aromatic rings. The zero-order valence-electron chi connectivity index (χ0n) is 21.3. The van der Waals surface area contributed by atoms with E-state index in [2.05, 4.69) is 25.0 Å². The van der Waals surface area contributed by atoms with Crippen LogP contribution in [0.2, 0.25) is 0 Å². The van der Waals surface area contributed by atoms with Gasteiger partial charge in [0, 0.05) is 62.3 Å². The van der Waals surface area contributed by atoms with Crippen LogP contribution in [0, 0.1) is 0 Å². The zero-order chi connectivity index (χ0) is 25.2. The summed E-state index contributed by atoms with van der Waals surface area (Å²) in [5, 5.41) is 5.08. The molecule has 2 fully saturated rings. The minimum atomic E-state index is -0.0850. The van der Waals surface area contributed by atoms with E-state index in [-0.39, 0.29) is 5.56 Å². The summed E-state index contributed by atoms with van der Waals surface area (Å²) in [7, 11) is 0. The second kappa shape index (κ2) is 13.9. The molecule has 9 nitrogen and oxygen atoms in total. The maximum atomic E-state index is 12.9. The lowest BCUT2D eigenvalue weighted by Crippen LogP contribution is -2.46. The van der Waals surface area contributed by atoms with Gasteiger partial charge in [-0.15, -0.1) is 0 Å². The number of H-pyrrole nitrogens is 1. The summed E-state index contributed by atoms with van der Waals surface area (Å²) in [6.45, 7) is 13.4. The normalized spacial score (nSPS) is 17.2. The highest BCUT2D eigenvalue weighted by Gasteiger charge is 2.17. The van der Waals surface area contributed by atoms with Gasteiger partial charge in [-0.2, -0.15) is 0 Å². The van der Waals surface area contributed by atoms with Crippen molar-refractivity contribution in [2.75, 3.05) is 85.4 Å². The monoisotopic (exact) mass is 517 g/mol. The molecule has 3 heterocycles. The van der Waals surface area contributed by atoms with Gasteiger partial charge in [0.1, 0.15) is 5.75 Å². The smallest absolute Gasteiger partial charge is 0.253 e. The fourth-order valence-electron chi connectivity index (χ4n) is 4.58. The van der Waals surface area contributed by atoms with Crippen LogP contribution in [0.1, 0.15) is 18.9 Å². The van der Waals surface area contributed by atoms with E-state index >= 15 is 0 Å². The molecule has 0 amide bonds. The van der Waals surface area contributed by atoms with Crippen molar-refractivity contribution < 1.29 is 14.2 Å². The van der Waals surface area contributed by atoms with E-state index in [1.54, 1.807) is 0 Å². The van der Waals surface area contributed by atoms with Crippen molar-refractivity contribution in [3.05, 3.63) is 40.2 Å². The van der Waals surface area contributed by atoms with Crippen molar-refractivity contribution in [2.45, 2.75) is 19.9 Å². The van der Waals surface area contributed by atoms with E-state index in [0.717, 1.165) is 102 Å². The Hall–Kier alpha value is -2.24. The molecule has 1 aromatic heterocycles. The molecule has 198 valence electrons. The van der Waals surface area contributed by atoms with Crippen molar-refractivity contribution in [3.63, 3.8) is 0 Å². The van der Waals surface area contributed by atoms with Gasteiger partial charge >= 0.3 is 0 Å². The van der Waals surface area contributed by atoms with Gasteiger partial charge < -0.3 is 29.4 Å². The van der Waals surface area contributed by atoms with Crippen LogP contribution in [0.4, 0.5) is 0 Å². The van der Waals surface area contributed by atoms with Gasteiger partial charge in [-0.3, -0.25) is 14.6 Å². The number of aromatic nitrogens is 1. The SMILES string of the molecule is CCOc1ccc2[nH]c(=O)c(CN(CCN3CCOCC3)C(=S)NCCCN3CCOCC3)cc2c1. The second-order valence-corrected chi connectivity index (χ2v) is 9.61. The fourth-order valence-corrected chi connectivity index (χ4v) is 4.84. The molecule has 0 bridgehead atoms. The molecule has 0 saturated carbocycles. The molecular formula is C26H39N5O4S. The summed E-state index contributed by atoms with van der Waals surface area (Å²) >= 11 is 5.81. The number of hydrogen-bond acceptors (Lipinski definition) is 7. The van der Waals surface area contributed by atoms with Gasteiger partial charge in [-0.25, -0.2) is 0 Å². The molecule has 4 rings (SSSR count). The number of rotatable bonds is 11. The lowest BCUT2D eigenvalue weighted by molar-refractivity contribution is 0.0356. The molecular weight excluding hydrogens is 478 g/mol. The predicted molar refractivity (Wildman–Crippen MR) is 146 cm³/mol. The van der Waals surface area contributed by atoms with Crippen molar-refractivity contribution >= 4 is 28.2 Å². The second-order valence-electron chi connectivity index (χ2n) is 9.22. The van der Waals surface area contributed by atoms with E-state index in [1.165, 1.54) is 0 Å². The third-order valence-corrected chi connectivity index (χ3v) is 7.08. The fraction of sp³-hybridized carbons (Fsp3) is 0.615. The molecule has 0 atom stereocenters. The molecule has 0 spiro atoms. The number of thiocarbonyl (C=S) groups is 1. The minimum Gasteiger partial charge on any atom is -0.494 e. The first kappa shape index (κ1) is 26.8. The van der Waals surface area contributed by atoms with Crippen LogP contribution in [0.3, 0.4) is 0 Å². The summed E-state index contributed by atoms with van der Waals surface area (Å²) in [4.78, 5) is 22.9. The Morgan fingerprint density at radius 1 is 1.08 bits per heavy atom. The Kier molecular flexibility index (Phi) is 10.4. The number of hydrogen-bond donors (Lipinski definition) is 2. The molecule has 0 unspecified atom stereocenters. The lowest BCUT2D eigenvalue weighted by atomic mass is 10.1. The Labute approximate surface area is 218 Å². The highest BCUT2D eigenvalue weighted by molar-refractivity contribution is 7.80. The molecule has 36 heavy (non-hydrogen) atoms. The maximum Gasteiger partial charge on any atom is 0.253 e. The van der Waals surface area contributed by atoms with Gasteiger partial charge in [-0.05, 0) is 56.4 Å². The number of aromatic amines is 1. The van der Waals surface area contributed by atoms with Gasteiger partial charge in [0.2, 0.25) is 0 Å². The quantitative estimate of drug-likeness (QED) is 0.342. The first-order chi connectivity index (χ1) is 17.6. The summed E-state index contributed by atoms with van der Waals surface area (Å²) in [6.07, 6.45) is 1.01. The molecule has 0 aliphatic carbocycles. The van der Waals surface area contributed by atoms with Gasteiger partial charge in [0.15, 0.2) is 5.11 Å². The van der Waals surface area contributed by atoms with Crippen LogP contribution in [0.25, 0.3) is 10.9 Å². The molecule has 10 heteroatoms. The summed E-state index contributed by atoms with van der Waals surface area (Å²) in [5.41, 5.74) is 1.41. The van der Waals surface area contributed by atoms with Gasteiger partial charge in [-0.1, -0.05) is 0 Å². The molecule has 2 aliphatic rings. The largest absolute Gasteiger partial charge is 0.494 e. The van der Waals surface area contributed by atoms with Crippen molar-refractivity contribution in [1.82, 2.24) is 25.0 Å². The number of nitrogens with one attached hydrogen (secondary N) is 2. The van der Waals surface area contributed by atoms with E-state index in [4.69, 9.17) is 26.4 Å². The van der Waals surface area contributed by atoms with E-state index in [1.807, 2.05) is 31.2 Å². The number of morpholine rings is 2. The predicted octanol–water partition coefficient (Wildman–Crippen LogP) is 1.66. The Morgan fingerprint density at radius 3 is 2.47 bits per heavy atom. The highest BCUT2D eigenvalue weighted by Crippen LogP contribution is 2.19. The average molecular weight is 518 g/mol. The topological polar surface area (TPSA) is 82.3 Å². The van der Waals surface area contributed by atoms with Crippen LogP contribution in [0.5, 0.6) is 5.75 Å². The van der Waals surface area contributed by atoms with Crippen LogP contribution in [-0.4, -0.2) is 110 Å². The van der Waals surface area contributed by atoms with E-state index < -0.39 is 0 Å². The molecule has 0 radical (unpaired) electrons. The third kappa shape index (κ3) is 7.88. The summed E-state index contributed by atoms with van der Waals surface area (Å²) in [5.74, 6) is 0.796. The zero-order valence-corrected chi connectivity index (χ0v) is 22.1. The number of fused-ring (bicyclic) bond motifs is 1. The third-order valence-electron chi connectivity index (χ3n) is 6.67. The van der Waals surface area contributed by atoms with Gasteiger partial charge in [0.05, 0.1) is 39.6 Å². The van der Waals surface area contributed by atoms with Crippen LogP contribution in [0.15, 0.2) is 29.1 Å². The van der Waals surface area contributed by atoms with E-state index in [0.29, 0.717) is 23.8 Å². The Balaban J connectivity index is 1.41. The van der Waals surface area contributed by atoms with Crippen molar-refractivity contribution in [1.29, 1.82) is 0 Å². The van der Waals surface area contributed by atoms with Crippen LogP contribution >= 0.6 is 12.2 Å². The maximum absolute atomic E-state index is 12.9. The molecule has 2 N–H and O–H groups in total. The van der Waals surface area contributed by atoms with Crippen LogP contribution < -0.4 is 15.6 Å². The summed E-state index contributed by atoms with van der Waals surface area (Å²) in [6, 6.07) is 7.70. The standard InChI is InChI=1S/C26H39N5O4S/c1-2-35-23-4-5-24-21(19-23)18-22(25(32)28-24)20-31(9-8-30-12-16-34-17-13-30)26(36)27-6-3-7-29-10-14-33-15-11-29/h4-5,18-19H,2-3,6-17,20H2,1H3,(H,27,36)(H,28,32). The Morgan fingerprint density at radius 2 is 1.78 bits per heavy atom. The summed E-state index contributed by atoms with van der Waals surface area (Å²) < 4.78 is 16.6. The van der Waals surface area contributed by atoms with Gasteiger partial charge in [0.25, 0.3) is 5.56 Å². The molecule has 2 aliphatic heterocycles. The molecule has 1 aromatic carbocycles. The Bertz CT molecular complexity index is 1040. The highest BCUT2D eigenvalue weighted by atomic mass is 32.1. The molecule has 2 saturated heterocycles. The number of pyridine rings is 1. The van der Waals surface area contributed by atoms with E-state index in [9.17, 15) is 4.79 Å². The number of benzene rings is 1. The minimum absolute atomic E-state index is 0.0850. The first-order valence-corrected chi connectivity index (χ1v) is 13.4. The average Bonchev–Trinajstić information content (AvgIpc) is 2.90.